The van der Waals surface area contributed by atoms with E-state index in [9.17, 15) is 20.0 Å². The fourth-order valence-electron chi connectivity index (χ4n) is 2.23. The van der Waals surface area contributed by atoms with Crippen molar-refractivity contribution in [2.24, 2.45) is 5.92 Å². The molecule has 1 aromatic carbocycles. The van der Waals surface area contributed by atoms with Gasteiger partial charge in [0, 0.05) is 37.2 Å². The van der Waals surface area contributed by atoms with Crippen LogP contribution in [0.1, 0.15) is 10.4 Å². The van der Waals surface area contributed by atoms with Gasteiger partial charge in [-0.3, -0.25) is 14.9 Å². The maximum absolute atomic E-state index is 12.0. The zero-order valence-electron chi connectivity index (χ0n) is 11.5. The third-order valence-electron chi connectivity index (χ3n) is 3.47. The first-order valence-corrected chi connectivity index (χ1v) is 7.74. The second kappa shape index (κ2) is 6.88. The van der Waals surface area contributed by atoms with Gasteiger partial charge in [0.05, 0.1) is 15.9 Å². The maximum atomic E-state index is 12.0. The van der Waals surface area contributed by atoms with E-state index in [-0.39, 0.29) is 23.1 Å². The van der Waals surface area contributed by atoms with E-state index in [0.717, 1.165) is 0 Å². The van der Waals surface area contributed by atoms with E-state index in [1.807, 2.05) is 0 Å². The van der Waals surface area contributed by atoms with Crippen molar-refractivity contribution < 1.29 is 14.8 Å². The summed E-state index contributed by atoms with van der Waals surface area (Å²) in [5, 5.41) is 26.4. The number of carbonyl (C=O) groups excluding carboxylic acids is 1. The first-order valence-electron chi connectivity index (χ1n) is 6.52. The van der Waals surface area contributed by atoms with E-state index in [1.165, 1.54) is 17.8 Å². The Bertz CT molecular complexity index is 552. The minimum absolute atomic E-state index is 0.0330. The van der Waals surface area contributed by atoms with Gasteiger partial charge in [0.2, 0.25) is 0 Å². The summed E-state index contributed by atoms with van der Waals surface area (Å²) in [5.74, 6) is -0.403. The highest BCUT2D eigenvalue weighted by Gasteiger charge is 2.25. The summed E-state index contributed by atoms with van der Waals surface area (Å²) in [4.78, 5) is 23.1. The van der Waals surface area contributed by atoms with Crippen molar-refractivity contribution >= 4 is 23.4 Å². The molecule has 114 valence electrons. The van der Waals surface area contributed by atoms with Gasteiger partial charge in [-0.25, -0.2) is 0 Å². The second-order valence-electron chi connectivity index (χ2n) is 4.84. The van der Waals surface area contributed by atoms with Crippen molar-refractivity contribution in [3.05, 3.63) is 33.9 Å². The highest BCUT2D eigenvalue weighted by atomic mass is 32.2. The number of β-amino-alcohol motifs (C(OH)–C–C–N with tert-alkyl or cyclic N) is 1. The molecule has 8 heteroatoms. The maximum Gasteiger partial charge on any atom is 0.283 e. The van der Waals surface area contributed by atoms with Crippen molar-refractivity contribution in [3.63, 3.8) is 0 Å². The zero-order valence-corrected chi connectivity index (χ0v) is 12.4. The highest BCUT2D eigenvalue weighted by molar-refractivity contribution is 7.98. The number of hydrogen-bond acceptors (Lipinski definition) is 6. The van der Waals surface area contributed by atoms with Crippen LogP contribution in [0.25, 0.3) is 0 Å². The molecule has 1 heterocycles. The van der Waals surface area contributed by atoms with E-state index < -0.39 is 11.0 Å². The van der Waals surface area contributed by atoms with Gasteiger partial charge in [-0.1, -0.05) is 0 Å². The fraction of sp³-hybridized carbons (Fsp3) is 0.462. The van der Waals surface area contributed by atoms with E-state index in [4.69, 9.17) is 0 Å². The number of carbonyl (C=O) groups is 1. The lowest BCUT2D eigenvalue weighted by molar-refractivity contribution is -0.387. The summed E-state index contributed by atoms with van der Waals surface area (Å²) in [5.41, 5.74) is 0.178. The molecule has 21 heavy (non-hydrogen) atoms. The summed E-state index contributed by atoms with van der Waals surface area (Å²) < 4.78 is 0. The molecule has 7 nitrogen and oxygen atoms in total. The Morgan fingerprint density at radius 1 is 1.57 bits per heavy atom. The lowest BCUT2D eigenvalue weighted by atomic mass is 10.1. The molecule has 1 aliphatic heterocycles. The monoisotopic (exact) mass is 311 g/mol. The van der Waals surface area contributed by atoms with Crippen molar-refractivity contribution in [2.75, 3.05) is 25.9 Å². The SMILES string of the molecule is CSc1ccc(C(=O)NCC2CNCC2O)cc1[N+](=O)[O-]. The first-order chi connectivity index (χ1) is 10.0. The summed E-state index contributed by atoms with van der Waals surface area (Å²) in [6, 6.07) is 4.42. The lowest BCUT2D eigenvalue weighted by Crippen LogP contribution is -2.34. The topological polar surface area (TPSA) is 104 Å². The lowest BCUT2D eigenvalue weighted by Gasteiger charge is -2.14. The molecule has 0 bridgehead atoms. The number of aliphatic hydroxyl groups excluding tert-OH is 1. The van der Waals surface area contributed by atoms with Gasteiger partial charge < -0.3 is 15.7 Å². The van der Waals surface area contributed by atoms with Gasteiger partial charge in [-0.15, -0.1) is 11.8 Å². The average molecular weight is 311 g/mol. The summed E-state index contributed by atoms with van der Waals surface area (Å²) >= 11 is 1.26. The average Bonchev–Trinajstić information content (AvgIpc) is 2.89. The van der Waals surface area contributed by atoms with Crippen LogP contribution in [0.3, 0.4) is 0 Å². The van der Waals surface area contributed by atoms with Crippen molar-refractivity contribution in [1.82, 2.24) is 10.6 Å². The van der Waals surface area contributed by atoms with Crippen LogP contribution in [0.5, 0.6) is 0 Å². The minimum Gasteiger partial charge on any atom is -0.391 e. The van der Waals surface area contributed by atoms with Gasteiger partial charge in [0.15, 0.2) is 0 Å². The van der Waals surface area contributed by atoms with Crippen molar-refractivity contribution in [2.45, 2.75) is 11.0 Å². The largest absolute Gasteiger partial charge is 0.391 e. The third-order valence-corrected chi connectivity index (χ3v) is 4.25. The number of hydrogen-bond donors (Lipinski definition) is 3. The van der Waals surface area contributed by atoms with Crippen molar-refractivity contribution in [1.29, 1.82) is 0 Å². The quantitative estimate of drug-likeness (QED) is 0.418. The normalized spacial score (nSPS) is 21.2. The van der Waals surface area contributed by atoms with Gasteiger partial charge in [0.1, 0.15) is 0 Å². The number of amides is 1. The molecule has 0 spiro atoms. The number of nitrogens with one attached hydrogen (secondary N) is 2. The highest BCUT2D eigenvalue weighted by Crippen LogP contribution is 2.28. The van der Waals surface area contributed by atoms with E-state index in [0.29, 0.717) is 24.5 Å². The fourth-order valence-corrected chi connectivity index (χ4v) is 2.77. The van der Waals surface area contributed by atoms with Crippen LogP contribution in [-0.2, 0) is 0 Å². The Kier molecular flexibility index (Phi) is 5.16. The number of aliphatic hydroxyl groups is 1. The molecule has 0 radical (unpaired) electrons. The van der Waals surface area contributed by atoms with Gasteiger partial charge in [0.25, 0.3) is 11.6 Å². The Hall–Kier alpha value is -1.64. The number of rotatable bonds is 5. The smallest absolute Gasteiger partial charge is 0.283 e. The van der Waals surface area contributed by atoms with Crippen LogP contribution in [0, 0.1) is 16.0 Å². The van der Waals surface area contributed by atoms with E-state index >= 15 is 0 Å². The molecule has 3 N–H and O–H groups in total. The molecule has 2 rings (SSSR count). The van der Waals surface area contributed by atoms with Crippen LogP contribution in [0.4, 0.5) is 5.69 Å². The molecule has 0 aromatic heterocycles. The standard InChI is InChI=1S/C13H17N3O4S/c1-21-12-3-2-8(4-10(12)16(19)20)13(18)15-6-9-5-14-7-11(9)17/h2-4,9,11,14,17H,5-7H2,1H3,(H,15,18). The predicted molar refractivity (Wildman–Crippen MR) is 79.6 cm³/mol. The first kappa shape index (κ1) is 15.7. The zero-order chi connectivity index (χ0) is 15.4. The summed E-state index contributed by atoms with van der Waals surface area (Å²) in [6.07, 6.45) is 1.27. The summed E-state index contributed by atoms with van der Waals surface area (Å²) in [7, 11) is 0. The molecule has 1 fully saturated rings. The molecule has 2 unspecified atom stereocenters. The number of nitrogens with zero attached hydrogens (tertiary/aromatic N) is 1. The number of nitro benzene ring substituents is 1. The van der Waals surface area contributed by atoms with Crippen LogP contribution in [0.15, 0.2) is 23.1 Å². The number of benzene rings is 1. The van der Waals surface area contributed by atoms with Crippen LogP contribution < -0.4 is 10.6 Å². The summed E-state index contributed by atoms with van der Waals surface area (Å²) in [6.45, 7) is 1.51. The molecule has 1 aromatic rings. The van der Waals surface area contributed by atoms with E-state index in [2.05, 4.69) is 10.6 Å². The van der Waals surface area contributed by atoms with Crippen LogP contribution in [0.2, 0.25) is 0 Å². The Labute approximate surface area is 126 Å². The van der Waals surface area contributed by atoms with Crippen LogP contribution >= 0.6 is 11.8 Å². The second-order valence-corrected chi connectivity index (χ2v) is 5.69. The molecule has 0 saturated carbocycles. The Morgan fingerprint density at radius 2 is 2.33 bits per heavy atom. The number of nitro groups is 1. The van der Waals surface area contributed by atoms with Crippen LogP contribution in [-0.4, -0.2) is 47.9 Å². The molecule has 1 amide bonds. The van der Waals surface area contributed by atoms with Gasteiger partial charge in [-0.05, 0) is 18.4 Å². The molecular formula is C13H17N3O4S. The molecule has 1 saturated heterocycles. The molecular weight excluding hydrogens is 294 g/mol. The van der Waals surface area contributed by atoms with E-state index in [1.54, 1.807) is 18.4 Å². The minimum atomic E-state index is -0.493. The Balaban J connectivity index is 2.05. The van der Waals surface area contributed by atoms with Crippen molar-refractivity contribution in [3.8, 4) is 0 Å². The predicted octanol–water partition coefficient (Wildman–Crippen LogP) is 0.627. The molecule has 1 aliphatic rings. The molecule has 2 atom stereocenters. The van der Waals surface area contributed by atoms with Gasteiger partial charge >= 0.3 is 0 Å². The third kappa shape index (κ3) is 3.72. The van der Waals surface area contributed by atoms with Gasteiger partial charge in [-0.2, -0.15) is 0 Å². The Morgan fingerprint density at radius 3 is 2.90 bits per heavy atom. The number of thioether (sulfide) groups is 1. The molecule has 0 aliphatic carbocycles.